The van der Waals surface area contributed by atoms with E-state index in [9.17, 15) is 4.79 Å². The second kappa shape index (κ2) is 10.5. The Balaban J connectivity index is 1.83. The summed E-state index contributed by atoms with van der Waals surface area (Å²) in [7, 11) is 0. The zero-order valence-corrected chi connectivity index (χ0v) is 10.6. The Hall–Kier alpha value is -0.670. The second-order valence-electron chi connectivity index (χ2n) is 4.38. The van der Waals surface area contributed by atoms with E-state index in [1.807, 2.05) is 0 Å². The predicted octanol–water partition coefficient (Wildman–Crippen LogP) is 3.24. The minimum atomic E-state index is 0.0480. The van der Waals surface area contributed by atoms with Crippen molar-refractivity contribution in [3.63, 3.8) is 0 Å². The summed E-state index contributed by atoms with van der Waals surface area (Å²) in [5.74, 6) is 0. The van der Waals surface area contributed by atoms with E-state index in [2.05, 4.69) is 12.2 Å². The van der Waals surface area contributed by atoms with E-state index in [4.69, 9.17) is 9.47 Å². The van der Waals surface area contributed by atoms with Crippen LogP contribution in [0.3, 0.4) is 0 Å². The lowest BCUT2D eigenvalue weighted by Gasteiger charge is -2.22. The first-order chi connectivity index (χ1) is 8.43. The fourth-order valence-electron chi connectivity index (χ4n) is 1.85. The molecule has 0 aromatic rings. The number of unbranched alkanes of at least 4 members (excludes halogenated alkanes) is 4. The molecule has 0 aromatic heterocycles. The van der Waals surface area contributed by atoms with Crippen LogP contribution in [-0.2, 0) is 14.3 Å². The Morgan fingerprint density at radius 3 is 2.47 bits per heavy atom. The first-order valence-corrected chi connectivity index (χ1v) is 6.75. The average Bonchev–Trinajstić information content (AvgIpc) is 2.38. The summed E-state index contributed by atoms with van der Waals surface area (Å²) in [6.07, 6.45) is 13.6. The molecule has 98 valence electrons. The van der Waals surface area contributed by atoms with Gasteiger partial charge in [-0.25, -0.2) is 0 Å². The highest BCUT2D eigenvalue weighted by atomic mass is 16.7. The lowest BCUT2D eigenvalue weighted by atomic mass is 10.1. The quantitative estimate of drug-likeness (QED) is 0.352. The van der Waals surface area contributed by atoms with E-state index in [0.29, 0.717) is 6.42 Å². The standard InChI is InChI=1S/C14H24O3/c15-11-8-6-4-2-1-3-5-7-10-14-16-12-9-13-17-14/h2,4,11,14H,1,3,5-10,12-13H2. The Kier molecular flexibility index (Phi) is 8.87. The molecule has 0 bridgehead atoms. The van der Waals surface area contributed by atoms with Gasteiger partial charge in [-0.15, -0.1) is 0 Å². The molecule has 0 aliphatic carbocycles. The molecule has 1 heterocycles. The molecule has 0 spiro atoms. The molecule has 0 atom stereocenters. The summed E-state index contributed by atoms with van der Waals surface area (Å²) in [4.78, 5) is 10.1. The van der Waals surface area contributed by atoms with Gasteiger partial charge in [0.15, 0.2) is 6.29 Å². The van der Waals surface area contributed by atoms with Gasteiger partial charge < -0.3 is 14.3 Å². The third-order valence-corrected chi connectivity index (χ3v) is 2.82. The van der Waals surface area contributed by atoms with E-state index < -0.39 is 0 Å². The minimum Gasteiger partial charge on any atom is -0.353 e. The fourth-order valence-corrected chi connectivity index (χ4v) is 1.85. The Morgan fingerprint density at radius 1 is 0.941 bits per heavy atom. The van der Waals surface area contributed by atoms with Crippen molar-refractivity contribution >= 4 is 6.29 Å². The molecule has 1 aliphatic heterocycles. The maximum Gasteiger partial charge on any atom is 0.157 e. The summed E-state index contributed by atoms with van der Waals surface area (Å²) in [6, 6.07) is 0. The lowest BCUT2D eigenvalue weighted by molar-refractivity contribution is -0.181. The maximum atomic E-state index is 10.1. The first kappa shape index (κ1) is 14.4. The van der Waals surface area contributed by atoms with Crippen LogP contribution in [0.25, 0.3) is 0 Å². The van der Waals surface area contributed by atoms with Crippen LogP contribution in [0.2, 0.25) is 0 Å². The molecular weight excluding hydrogens is 216 g/mol. The van der Waals surface area contributed by atoms with Crippen LogP contribution in [-0.4, -0.2) is 25.8 Å². The van der Waals surface area contributed by atoms with E-state index in [-0.39, 0.29) is 6.29 Å². The molecule has 3 heteroatoms. The summed E-state index contributed by atoms with van der Waals surface area (Å²) in [5.41, 5.74) is 0. The van der Waals surface area contributed by atoms with Gasteiger partial charge in [-0.3, -0.25) is 0 Å². The summed E-state index contributed by atoms with van der Waals surface area (Å²) >= 11 is 0. The zero-order chi connectivity index (χ0) is 12.2. The number of rotatable bonds is 9. The highest BCUT2D eigenvalue weighted by Crippen LogP contribution is 2.13. The first-order valence-electron chi connectivity index (χ1n) is 6.75. The number of hydrogen-bond donors (Lipinski definition) is 0. The second-order valence-corrected chi connectivity index (χ2v) is 4.38. The molecule has 0 amide bonds. The number of carbonyl (C=O) groups is 1. The van der Waals surface area contributed by atoms with Crippen molar-refractivity contribution in [2.24, 2.45) is 0 Å². The SMILES string of the molecule is O=CCCC=CCCCCCC1OCCCO1. The Morgan fingerprint density at radius 2 is 1.71 bits per heavy atom. The highest BCUT2D eigenvalue weighted by Gasteiger charge is 2.12. The molecule has 0 N–H and O–H groups in total. The van der Waals surface area contributed by atoms with Crippen molar-refractivity contribution < 1.29 is 14.3 Å². The van der Waals surface area contributed by atoms with Gasteiger partial charge >= 0.3 is 0 Å². The summed E-state index contributed by atoms with van der Waals surface area (Å²) in [6.45, 7) is 1.70. The van der Waals surface area contributed by atoms with E-state index in [1.165, 1.54) is 19.3 Å². The van der Waals surface area contributed by atoms with Crippen molar-refractivity contribution in [1.82, 2.24) is 0 Å². The number of ether oxygens (including phenoxy) is 2. The summed E-state index contributed by atoms with van der Waals surface area (Å²) in [5, 5.41) is 0. The van der Waals surface area contributed by atoms with Gasteiger partial charge in [0.05, 0.1) is 13.2 Å². The molecule has 1 rings (SSSR count). The zero-order valence-electron chi connectivity index (χ0n) is 10.6. The Bertz CT molecular complexity index is 208. The third kappa shape index (κ3) is 8.11. The number of carbonyl (C=O) groups excluding carboxylic acids is 1. The summed E-state index contributed by atoms with van der Waals surface area (Å²) < 4.78 is 11.0. The van der Waals surface area contributed by atoms with E-state index >= 15 is 0 Å². The number of allylic oxidation sites excluding steroid dienone is 2. The molecule has 0 saturated carbocycles. The monoisotopic (exact) mass is 240 g/mol. The molecule has 0 aromatic carbocycles. The fraction of sp³-hybridized carbons (Fsp3) is 0.786. The van der Waals surface area contributed by atoms with E-state index in [0.717, 1.165) is 45.2 Å². The molecule has 1 fully saturated rings. The van der Waals surface area contributed by atoms with Gasteiger partial charge in [0, 0.05) is 6.42 Å². The van der Waals surface area contributed by atoms with Crippen molar-refractivity contribution in [2.45, 2.75) is 57.7 Å². The molecule has 1 saturated heterocycles. The molecule has 3 nitrogen and oxygen atoms in total. The van der Waals surface area contributed by atoms with Gasteiger partial charge in [-0.1, -0.05) is 18.6 Å². The van der Waals surface area contributed by atoms with Crippen molar-refractivity contribution in [2.75, 3.05) is 13.2 Å². The van der Waals surface area contributed by atoms with Gasteiger partial charge in [0.2, 0.25) is 0 Å². The van der Waals surface area contributed by atoms with Gasteiger partial charge in [-0.2, -0.15) is 0 Å². The smallest absolute Gasteiger partial charge is 0.157 e. The van der Waals surface area contributed by atoms with Crippen molar-refractivity contribution in [3.8, 4) is 0 Å². The molecule has 0 radical (unpaired) electrons. The van der Waals surface area contributed by atoms with Crippen LogP contribution in [0.5, 0.6) is 0 Å². The lowest BCUT2D eigenvalue weighted by Crippen LogP contribution is -2.24. The largest absolute Gasteiger partial charge is 0.353 e. The van der Waals surface area contributed by atoms with Crippen LogP contribution in [0, 0.1) is 0 Å². The normalized spacial score (nSPS) is 17.6. The maximum absolute atomic E-state index is 10.1. The average molecular weight is 240 g/mol. The molecule has 17 heavy (non-hydrogen) atoms. The topological polar surface area (TPSA) is 35.5 Å². The van der Waals surface area contributed by atoms with Crippen LogP contribution in [0.4, 0.5) is 0 Å². The van der Waals surface area contributed by atoms with Crippen LogP contribution in [0.1, 0.15) is 51.4 Å². The van der Waals surface area contributed by atoms with Crippen molar-refractivity contribution in [1.29, 1.82) is 0 Å². The number of aldehydes is 1. The van der Waals surface area contributed by atoms with Gasteiger partial charge in [-0.05, 0) is 38.5 Å². The Labute approximate surface area is 104 Å². The predicted molar refractivity (Wildman–Crippen MR) is 67.8 cm³/mol. The van der Waals surface area contributed by atoms with E-state index in [1.54, 1.807) is 0 Å². The minimum absolute atomic E-state index is 0.0480. The third-order valence-electron chi connectivity index (χ3n) is 2.82. The van der Waals surface area contributed by atoms with Crippen molar-refractivity contribution in [3.05, 3.63) is 12.2 Å². The molecule has 1 aliphatic rings. The molecule has 0 unspecified atom stereocenters. The van der Waals surface area contributed by atoms with Crippen LogP contribution in [0.15, 0.2) is 12.2 Å². The highest BCUT2D eigenvalue weighted by molar-refractivity contribution is 5.49. The van der Waals surface area contributed by atoms with Crippen LogP contribution >= 0.6 is 0 Å². The van der Waals surface area contributed by atoms with Crippen LogP contribution < -0.4 is 0 Å². The van der Waals surface area contributed by atoms with Gasteiger partial charge in [0.1, 0.15) is 6.29 Å². The van der Waals surface area contributed by atoms with Gasteiger partial charge in [0.25, 0.3) is 0 Å². The molecular formula is C14H24O3. The number of hydrogen-bond acceptors (Lipinski definition) is 3.